The van der Waals surface area contributed by atoms with Crippen LogP contribution in [-0.2, 0) is 18.3 Å². The van der Waals surface area contributed by atoms with Gasteiger partial charge in [0.2, 0.25) is 12.3 Å². The number of ether oxygens (including phenoxy) is 2. The van der Waals surface area contributed by atoms with E-state index in [0.29, 0.717) is 35.6 Å². The zero-order valence-electron chi connectivity index (χ0n) is 19.4. The number of halogens is 2. The molecule has 2 aromatic carbocycles. The van der Waals surface area contributed by atoms with Crippen LogP contribution in [0.3, 0.4) is 0 Å². The number of aromatic nitrogens is 4. The van der Waals surface area contributed by atoms with E-state index in [1.54, 1.807) is 30.2 Å². The van der Waals surface area contributed by atoms with Gasteiger partial charge in [0, 0.05) is 50.6 Å². The van der Waals surface area contributed by atoms with Crippen molar-refractivity contribution < 1.29 is 18.3 Å². The Balaban J connectivity index is 1.52. The monoisotopic (exact) mass is 481 g/mol. The molecule has 0 bridgehead atoms. The molecule has 0 spiro atoms. The van der Waals surface area contributed by atoms with Gasteiger partial charge in [0.15, 0.2) is 0 Å². The van der Waals surface area contributed by atoms with Crippen LogP contribution in [0.25, 0.3) is 22.0 Å². The second-order valence-electron chi connectivity index (χ2n) is 8.40. The van der Waals surface area contributed by atoms with Gasteiger partial charge in [-0.1, -0.05) is 6.07 Å². The van der Waals surface area contributed by atoms with Crippen molar-refractivity contribution in [2.75, 3.05) is 31.2 Å². The van der Waals surface area contributed by atoms with Crippen molar-refractivity contribution in [3.8, 4) is 16.9 Å². The summed E-state index contributed by atoms with van der Waals surface area (Å²) in [4.78, 5) is 24.0. The lowest BCUT2D eigenvalue weighted by Gasteiger charge is -2.26. The number of hydrogen-bond donors (Lipinski definition) is 0. The second-order valence-corrected chi connectivity index (χ2v) is 8.40. The van der Waals surface area contributed by atoms with E-state index in [2.05, 4.69) is 14.9 Å². The van der Waals surface area contributed by atoms with Crippen molar-refractivity contribution >= 4 is 16.9 Å². The highest BCUT2D eigenvalue weighted by Gasteiger charge is 2.17. The Bertz CT molecular complexity index is 1410. The average Bonchev–Trinajstić information content (AvgIpc) is 3.10. The number of anilines is 1. The Labute approximate surface area is 200 Å². The summed E-state index contributed by atoms with van der Waals surface area (Å²) in [6.07, 6.45) is 1.95. The maximum atomic E-state index is 14.0. The number of hydrogen-bond acceptors (Lipinski definition) is 6. The van der Waals surface area contributed by atoms with Gasteiger partial charge in [0.1, 0.15) is 11.6 Å². The van der Waals surface area contributed by atoms with E-state index in [0.717, 1.165) is 24.2 Å². The van der Waals surface area contributed by atoms with E-state index in [-0.39, 0.29) is 17.9 Å². The molecule has 5 rings (SSSR count). The molecule has 0 saturated carbocycles. The van der Waals surface area contributed by atoms with Gasteiger partial charge < -0.3 is 14.4 Å². The highest BCUT2D eigenvalue weighted by atomic mass is 19.1. The predicted octanol–water partition coefficient (Wildman–Crippen LogP) is 3.52. The Kier molecular flexibility index (Phi) is 6.21. The molecular formula is C25H25F2N5O3. The molecule has 1 saturated heterocycles. The van der Waals surface area contributed by atoms with Crippen LogP contribution in [0.15, 0.2) is 53.6 Å². The third-order valence-corrected chi connectivity index (χ3v) is 6.06. The fourth-order valence-electron chi connectivity index (χ4n) is 4.26. The van der Waals surface area contributed by atoms with Gasteiger partial charge in [-0.05, 0) is 35.9 Å². The molecule has 1 aliphatic heterocycles. The molecule has 0 N–H and O–H groups in total. The summed E-state index contributed by atoms with van der Waals surface area (Å²) in [6, 6.07) is 9.38. The van der Waals surface area contributed by atoms with E-state index in [1.807, 2.05) is 12.1 Å². The van der Waals surface area contributed by atoms with Crippen LogP contribution in [0.1, 0.15) is 12.5 Å². The standard InChI is InChI=1S/C25H25F2N5O3/c1-16(26)35-23-6-4-20(27)11-18(23)15-32-22-12-17(3-5-21(22)24(33)30(32)2)19-13-28-25(29-14-19)31-7-9-34-10-8-31/h3-6,11-14,16H,7-10,15H2,1-2H3. The molecule has 1 fully saturated rings. The molecule has 0 aliphatic carbocycles. The van der Waals surface area contributed by atoms with E-state index in [1.165, 1.54) is 29.8 Å². The van der Waals surface area contributed by atoms with Crippen LogP contribution in [0.5, 0.6) is 5.75 Å². The Morgan fingerprint density at radius 3 is 2.54 bits per heavy atom. The van der Waals surface area contributed by atoms with Crippen molar-refractivity contribution in [1.82, 2.24) is 19.3 Å². The van der Waals surface area contributed by atoms with Gasteiger partial charge in [-0.2, -0.15) is 0 Å². The topological polar surface area (TPSA) is 74.4 Å². The summed E-state index contributed by atoms with van der Waals surface area (Å²) in [5, 5.41) is 0.514. The highest BCUT2D eigenvalue weighted by molar-refractivity contribution is 5.84. The first-order valence-electron chi connectivity index (χ1n) is 11.3. The smallest absolute Gasteiger partial charge is 0.274 e. The van der Waals surface area contributed by atoms with Crippen LogP contribution in [0.4, 0.5) is 14.7 Å². The van der Waals surface area contributed by atoms with Crippen molar-refractivity contribution in [2.24, 2.45) is 7.05 Å². The maximum absolute atomic E-state index is 14.0. The Hall–Kier alpha value is -3.79. The fraction of sp³-hybridized carbons (Fsp3) is 0.320. The number of fused-ring (bicyclic) bond motifs is 1. The molecule has 10 heteroatoms. The average molecular weight is 482 g/mol. The first-order chi connectivity index (χ1) is 16.9. The third kappa shape index (κ3) is 4.61. The minimum atomic E-state index is -1.56. The molecule has 0 radical (unpaired) electrons. The molecule has 1 aliphatic rings. The lowest BCUT2D eigenvalue weighted by atomic mass is 10.1. The third-order valence-electron chi connectivity index (χ3n) is 6.06. The van der Waals surface area contributed by atoms with Gasteiger partial charge in [-0.25, -0.2) is 18.7 Å². The normalized spacial score (nSPS) is 14.9. The molecule has 1 atom stereocenters. The molecule has 8 nitrogen and oxygen atoms in total. The Morgan fingerprint density at radius 2 is 1.83 bits per heavy atom. The maximum Gasteiger partial charge on any atom is 0.274 e. The molecular weight excluding hydrogens is 456 g/mol. The van der Waals surface area contributed by atoms with Crippen molar-refractivity contribution in [3.63, 3.8) is 0 Å². The minimum absolute atomic E-state index is 0.116. The largest absolute Gasteiger partial charge is 0.460 e. The molecule has 182 valence electrons. The van der Waals surface area contributed by atoms with Gasteiger partial charge >= 0.3 is 0 Å². The van der Waals surface area contributed by atoms with Crippen molar-refractivity contribution in [2.45, 2.75) is 19.8 Å². The summed E-state index contributed by atoms with van der Waals surface area (Å²) >= 11 is 0. The SMILES string of the molecule is CC(F)Oc1ccc(F)cc1Cn1c2cc(-c3cnc(N4CCOCC4)nc3)ccc2c(=O)n1C. The lowest BCUT2D eigenvalue weighted by molar-refractivity contribution is 0.0846. The highest BCUT2D eigenvalue weighted by Crippen LogP contribution is 2.27. The van der Waals surface area contributed by atoms with Gasteiger partial charge in [-0.3, -0.25) is 14.2 Å². The Morgan fingerprint density at radius 1 is 1.09 bits per heavy atom. The number of alkyl halides is 1. The zero-order valence-corrected chi connectivity index (χ0v) is 19.4. The van der Waals surface area contributed by atoms with Crippen LogP contribution in [-0.4, -0.2) is 52.0 Å². The zero-order chi connectivity index (χ0) is 24.5. The number of nitrogens with zero attached hydrogens (tertiary/aromatic N) is 5. The number of rotatable bonds is 6. The summed E-state index contributed by atoms with van der Waals surface area (Å²) in [5.74, 6) is 0.396. The lowest BCUT2D eigenvalue weighted by Crippen LogP contribution is -2.37. The molecule has 3 heterocycles. The van der Waals surface area contributed by atoms with E-state index < -0.39 is 12.2 Å². The van der Waals surface area contributed by atoms with E-state index >= 15 is 0 Å². The second kappa shape index (κ2) is 9.46. The molecule has 4 aromatic rings. The molecule has 0 amide bonds. The fourth-order valence-corrected chi connectivity index (χ4v) is 4.26. The predicted molar refractivity (Wildman–Crippen MR) is 128 cm³/mol. The van der Waals surface area contributed by atoms with Crippen LogP contribution in [0.2, 0.25) is 0 Å². The first kappa shape index (κ1) is 23.0. The van der Waals surface area contributed by atoms with Gasteiger partial charge in [-0.15, -0.1) is 0 Å². The summed E-state index contributed by atoms with van der Waals surface area (Å²) in [6.45, 7) is 4.16. The molecule has 1 unspecified atom stereocenters. The molecule has 2 aromatic heterocycles. The molecule has 35 heavy (non-hydrogen) atoms. The van der Waals surface area contributed by atoms with Crippen LogP contribution < -0.4 is 15.2 Å². The van der Waals surface area contributed by atoms with Gasteiger partial charge in [0.05, 0.1) is 30.7 Å². The van der Waals surface area contributed by atoms with Crippen molar-refractivity contribution in [3.05, 3.63) is 70.5 Å². The van der Waals surface area contributed by atoms with Crippen LogP contribution >= 0.6 is 0 Å². The number of benzene rings is 2. The van der Waals surface area contributed by atoms with Crippen molar-refractivity contribution in [1.29, 1.82) is 0 Å². The summed E-state index contributed by atoms with van der Waals surface area (Å²) in [5.41, 5.74) is 2.51. The summed E-state index contributed by atoms with van der Waals surface area (Å²) in [7, 11) is 1.64. The van der Waals surface area contributed by atoms with Crippen LogP contribution in [0, 0.1) is 5.82 Å². The quantitative estimate of drug-likeness (QED) is 0.420. The number of morpholine rings is 1. The van der Waals surface area contributed by atoms with Gasteiger partial charge in [0.25, 0.3) is 5.56 Å². The van der Waals surface area contributed by atoms with E-state index in [9.17, 15) is 13.6 Å². The first-order valence-corrected chi connectivity index (χ1v) is 11.3. The summed E-state index contributed by atoms with van der Waals surface area (Å²) < 4.78 is 41.3. The minimum Gasteiger partial charge on any atom is -0.460 e. The van der Waals surface area contributed by atoms with E-state index in [4.69, 9.17) is 9.47 Å².